The number of benzene rings is 2. The number of ether oxygens (including phenoxy) is 1. The van der Waals surface area contributed by atoms with Crippen LogP contribution in [-0.2, 0) is 33.8 Å². The maximum Gasteiger partial charge on any atom is 0.267 e. The first-order chi connectivity index (χ1) is 17.9. The lowest BCUT2D eigenvalue weighted by Crippen LogP contribution is -2.52. The number of aryl methyl sites for hydroxylation is 1. The molecule has 1 aliphatic rings. The second-order valence-electron chi connectivity index (χ2n) is 9.31. The highest BCUT2D eigenvalue weighted by atomic mass is 16.8. The average molecular weight is 510 g/mol. The third kappa shape index (κ3) is 7.26. The zero-order valence-electron chi connectivity index (χ0n) is 20.9. The van der Waals surface area contributed by atoms with E-state index in [0.29, 0.717) is 6.42 Å². The molecule has 0 radical (unpaired) electrons. The van der Waals surface area contributed by atoms with Crippen molar-refractivity contribution in [2.24, 2.45) is 0 Å². The Balaban J connectivity index is 1.16. The molecule has 3 aromatic rings. The number of aromatic amines is 1. The number of hydrogen-bond donors (Lipinski definition) is 6. The largest absolute Gasteiger partial charge is 0.394 e. The summed E-state index contributed by atoms with van der Waals surface area (Å²) in [4.78, 5) is 20.5. The number of nitrogens with one attached hydrogen (secondary N) is 3. The fourth-order valence-corrected chi connectivity index (χ4v) is 4.48. The number of allylic oxidation sites excluding steroid dienone is 1. The van der Waals surface area contributed by atoms with Crippen LogP contribution in [0.3, 0.4) is 0 Å². The van der Waals surface area contributed by atoms with Crippen LogP contribution < -0.4 is 10.8 Å². The Morgan fingerprint density at radius 3 is 2.70 bits per heavy atom. The molecule has 2 heterocycles. The summed E-state index contributed by atoms with van der Waals surface area (Å²) in [7, 11) is 0. The van der Waals surface area contributed by atoms with Crippen molar-refractivity contribution in [3.05, 3.63) is 83.1 Å². The van der Waals surface area contributed by atoms with E-state index in [2.05, 4.69) is 53.0 Å². The Labute approximate surface area is 216 Å². The van der Waals surface area contributed by atoms with Gasteiger partial charge in [-0.05, 0) is 49.1 Å². The van der Waals surface area contributed by atoms with E-state index in [4.69, 9.17) is 9.57 Å². The molecule has 198 valence electrons. The molecule has 1 aliphatic heterocycles. The van der Waals surface area contributed by atoms with Gasteiger partial charge in [-0.15, -0.1) is 0 Å². The number of carbonyl (C=O) groups excluding carboxylic acids is 1. The minimum Gasteiger partial charge on any atom is -0.394 e. The standard InChI is InChI=1S/C28H35N3O6/c1-18-22(23-6-2-3-7-24(23)30-18)13-14-29-16-20-11-9-19(10-12-20)5-4-8-26(34)31-37-28-27(35)25(33)15-21(17-32)36-28/h2-4,6-12,21,25,27-30,32-33,35H,5,13-17H2,1H3,(H,31,34)/b8-4+/t21-,25-,27+,28?/m0/s1. The molecular weight excluding hydrogens is 474 g/mol. The average Bonchev–Trinajstić information content (AvgIpc) is 3.23. The summed E-state index contributed by atoms with van der Waals surface area (Å²) in [6.07, 6.45) is 0.293. The second-order valence-corrected chi connectivity index (χ2v) is 9.31. The third-order valence-corrected chi connectivity index (χ3v) is 6.54. The van der Waals surface area contributed by atoms with Crippen molar-refractivity contribution in [2.75, 3.05) is 13.2 Å². The lowest BCUT2D eigenvalue weighted by Gasteiger charge is -2.35. The molecule has 6 N–H and O–H groups in total. The molecule has 1 unspecified atom stereocenters. The van der Waals surface area contributed by atoms with Crippen LogP contribution in [0.2, 0.25) is 0 Å². The van der Waals surface area contributed by atoms with E-state index >= 15 is 0 Å². The Hall–Kier alpha value is -3.05. The van der Waals surface area contributed by atoms with Crippen LogP contribution in [0.15, 0.2) is 60.7 Å². The lowest BCUT2D eigenvalue weighted by atomic mass is 10.0. The van der Waals surface area contributed by atoms with Crippen molar-refractivity contribution >= 4 is 16.8 Å². The van der Waals surface area contributed by atoms with Gasteiger partial charge in [0.2, 0.25) is 6.29 Å². The molecule has 1 aromatic heterocycles. The number of para-hydroxylation sites is 1. The number of aliphatic hydroxyl groups is 3. The minimum atomic E-state index is -1.32. The van der Waals surface area contributed by atoms with Crippen LogP contribution in [0, 0.1) is 6.92 Å². The van der Waals surface area contributed by atoms with Crippen molar-refractivity contribution in [1.82, 2.24) is 15.8 Å². The van der Waals surface area contributed by atoms with Gasteiger partial charge in [0.25, 0.3) is 5.91 Å². The highest BCUT2D eigenvalue weighted by molar-refractivity contribution is 5.86. The Morgan fingerprint density at radius 1 is 1.16 bits per heavy atom. The van der Waals surface area contributed by atoms with Crippen molar-refractivity contribution in [3.8, 4) is 0 Å². The molecule has 9 heteroatoms. The van der Waals surface area contributed by atoms with Gasteiger partial charge in [-0.25, -0.2) is 10.3 Å². The van der Waals surface area contributed by atoms with Crippen LogP contribution in [0.4, 0.5) is 0 Å². The van der Waals surface area contributed by atoms with Gasteiger partial charge < -0.3 is 30.4 Å². The fraction of sp³-hybridized carbons (Fsp3) is 0.393. The van der Waals surface area contributed by atoms with E-state index < -0.39 is 30.5 Å². The summed E-state index contributed by atoms with van der Waals surface area (Å²) >= 11 is 0. The van der Waals surface area contributed by atoms with Gasteiger partial charge in [0.05, 0.1) is 18.8 Å². The third-order valence-electron chi connectivity index (χ3n) is 6.54. The summed E-state index contributed by atoms with van der Waals surface area (Å²) in [5.74, 6) is -0.525. The molecule has 0 aliphatic carbocycles. The monoisotopic (exact) mass is 509 g/mol. The second kappa shape index (κ2) is 13.0. The summed E-state index contributed by atoms with van der Waals surface area (Å²) in [6, 6.07) is 16.6. The number of fused-ring (bicyclic) bond motifs is 1. The van der Waals surface area contributed by atoms with E-state index in [9.17, 15) is 20.1 Å². The van der Waals surface area contributed by atoms with Crippen LogP contribution in [0.25, 0.3) is 10.9 Å². The van der Waals surface area contributed by atoms with Crippen LogP contribution >= 0.6 is 0 Å². The molecule has 4 rings (SSSR count). The molecule has 2 aromatic carbocycles. The number of rotatable bonds is 11. The first kappa shape index (κ1) is 27.0. The summed E-state index contributed by atoms with van der Waals surface area (Å²) in [5, 5.41) is 33.7. The molecule has 9 nitrogen and oxygen atoms in total. The molecule has 1 saturated heterocycles. The van der Waals surface area contributed by atoms with Crippen LogP contribution in [0.1, 0.15) is 28.8 Å². The zero-order chi connectivity index (χ0) is 26.2. The molecule has 0 saturated carbocycles. The van der Waals surface area contributed by atoms with E-state index in [-0.39, 0.29) is 13.0 Å². The van der Waals surface area contributed by atoms with E-state index in [1.54, 1.807) is 6.08 Å². The number of aliphatic hydroxyl groups excluding tert-OH is 3. The summed E-state index contributed by atoms with van der Waals surface area (Å²) < 4.78 is 5.30. The Kier molecular flexibility index (Phi) is 9.45. The maximum atomic E-state index is 12.0. The molecule has 0 bridgehead atoms. The van der Waals surface area contributed by atoms with Gasteiger partial charge in [0, 0.05) is 35.6 Å². The number of hydroxylamine groups is 1. The van der Waals surface area contributed by atoms with Gasteiger partial charge in [-0.3, -0.25) is 4.79 Å². The predicted octanol–water partition coefficient (Wildman–Crippen LogP) is 1.78. The molecule has 0 spiro atoms. The summed E-state index contributed by atoms with van der Waals surface area (Å²) in [6.45, 7) is 3.45. The van der Waals surface area contributed by atoms with Crippen molar-refractivity contribution < 1.29 is 29.7 Å². The van der Waals surface area contributed by atoms with Gasteiger partial charge in [-0.1, -0.05) is 48.5 Å². The van der Waals surface area contributed by atoms with E-state index in [0.717, 1.165) is 25.1 Å². The van der Waals surface area contributed by atoms with Gasteiger partial charge >= 0.3 is 0 Å². The normalized spacial score (nSPS) is 22.1. The number of H-pyrrole nitrogens is 1. The highest BCUT2D eigenvalue weighted by Crippen LogP contribution is 2.22. The van der Waals surface area contributed by atoms with Gasteiger partial charge in [0.1, 0.15) is 6.10 Å². The fourth-order valence-electron chi connectivity index (χ4n) is 4.48. The van der Waals surface area contributed by atoms with Gasteiger partial charge in [-0.2, -0.15) is 0 Å². The van der Waals surface area contributed by atoms with Crippen molar-refractivity contribution in [2.45, 2.75) is 57.3 Å². The zero-order valence-corrected chi connectivity index (χ0v) is 20.9. The SMILES string of the molecule is Cc1[nH]c2ccccc2c1CCNCc1ccc(C/C=C/C(=O)NOC2O[C@H](CO)C[C@H](O)[C@H]2O)cc1. The smallest absolute Gasteiger partial charge is 0.267 e. The van der Waals surface area contributed by atoms with Crippen LogP contribution in [0.5, 0.6) is 0 Å². The summed E-state index contributed by atoms with van der Waals surface area (Å²) in [5.41, 5.74) is 8.18. The Bertz CT molecular complexity index is 1190. The first-order valence-corrected chi connectivity index (χ1v) is 12.5. The van der Waals surface area contributed by atoms with Crippen molar-refractivity contribution in [3.63, 3.8) is 0 Å². The molecular formula is C28H35N3O6. The molecule has 37 heavy (non-hydrogen) atoms. The number of amides is 1. The molecule has 4 atom stereocenters. The quantitative estimate of drug-likeness (QED) is 0.132. The maximum absolute atomic E-state index is 12.0. The number of aromatic nitrogens is 1. The van der Waals surface area contributed by atoms with E-state index in [1.807, 2.05) is 18.2 Å². The number of carbonyl (C=O) groups is 1. The Morgan fingerprint density at radius 2 is 1.92 bits per heavy atom. The van der Waals surface area contributed by atoms with E-state index in [1.165, 1.54) is 33.8 Å². The first-order valence-electron chi connectivity index (χ1n) is 12.5. The topological polar surface area (TPSA) is 136 Å². The minimum absolute atomic E-state index is 0.0882. The predicted molar refractivity (Wildman–Crippen MR) is 139 cm³/mol. The van der Waals surface area contributed by atoms with Crippen molar-refractivity contribution in [1.29, 1.82) is 0 Å². The van der Waals surface area contributed by atoms with Crippen LogP contribution in [-0.4, -0.2) is 64.0 Å². The lowest BCUT2D eigenvalue weighted by molar-refractivity contribution is -0.286. The molecule has 1 amide bonds. The molecule has 1 fully saturated rings. The highest BCUT2D eigenvalue weighted by Gasteiger charge is 2.37. The number of hydrogen-bond acceptors (Lipinski definition) is 7. The van der Waals surface area contributed by atoms with Gasteiger partial charge in [0.15, 0.2) is 0 Å².